The highest BCUT2D eigenvalue weighted by Crippen LogP contribution is 2.27. The number of ether oxygens (including phenoxy) is 1. The van der Waals surface area contributed by atoms with E-state index in [9.17, 15) is 4.79 Å². The van der Waals surface area contributed by atoms with Crippen molar-refractivity contribution in [3.8, 4) is 11.5 Å². The molecule has 1 aromatic heterocycles. The molecule has 0 aliphatic rings. The molecule has 0 saturated heterocycles. The van der Waals surface area contributed by atoms with Gasteiger partial charge in [-0.3, -0.25) is 4.79 Å². The Balaban J connectivity index is 2.18. The molecule has 0 radical (unpaired) electrons. The summed E-state index contributed by atoms with van der Waals surface area (Å²) in [6, 6.07) is 14.3. The second kappa shape index (κ2) is 5.19. The van der Waals surface area contributed by atoms with Gasteiger partial charge in [0.1, 0.15) is 28.7 Å². The van der Waals surface area contributed by atoms with E-state index in [2.05, 4.69) is 0 Å². The van der Waals surface area contributed by atoms with Crippen molar-refractivity contribution in [1.29, 1.82) is 0 Å². The molecule has 4 nitrogen and oxygen atoms in total. The number of fused-ring (bicyclic) bond motifs is 1. The smallest absolute Gasteiger partial charge is 0.201 e. The third-order valence-electron chi connectivity index (χ3n) is 2.98. The predicted octanol–water partition coefficient (Wildman–Crippen LogP) is 3.08. The SMILES string of the molecule is O=c1c(CO)coc2cccc(Oc3ccccc3)c12. The highest BCUT2D eigenvalue weighted by Gasteiger charge is 2.12. The maximum absolute atomic E-state index is 12.3. The first-order chi connectivity index (χ1) is 9.79. The zero-order valence-electron chi connectivity index (χ0n) is 10.6. The molecule has 0 saturated carbocycles. The minimum Gasteiger partial charge on any atom is -0.464 e. The second-order valence-corrected chi connectivity index (χ2v) is 4.29. The lowest BCUT2D eigenvalue weighted by atomic mass is 10.1. The van der Waals surface area contributed by atoms with Crippen LogP contribution < -0.4 is 10.2 Å². The third kappa shape index (κ3) is 2.17. The maximum atomic E-state index is 12.3. The summed E-state index contributed by atoms with van der Waals surface area (Å²) < 4.78 is 11.1. The summed E-state index contributed by atoms with van der Waals surface area (Å²) in [7, 11) is 0. The Morgan fingerprint density at radius 2 is 1.85 bits per heavy atom. The lowest BCUT2D eigenvalue weighted by Gasteiger charge is -2.08. The van der Waals surface area contributed by atoms with Gasteiger partial charge in [0.15, 0.2) is 0 Å². The largest absolute Gasteiger partial charge is 0.464 e. The predicted molar refractivity (Wildman–Crippen MR) is 74.9 cm³/mol. The van der Waals surface area contributed by atoms with Gasteiger partial charge < -0.3 is 14.3 Å². The van der Waals surface area contributed by atoms with Gasteiger partial charge in [-0.05, 0) is 24.3 Å². The van der Waals surface area contributed by atoms with Crippen LogP contribution in [0.25, 0.3) is 11.0 Å². The fourth-order valence-electron chi connectivity index (χ4n) is 1.99. The summed E-state index contributed by atoms with van der Waals surface area (Å²) in [5.74, 6) is 1.05. The van der Waals surface area contributed by atoms with Gasteiger partial charge in [-0.2, -0.15) is 0 Å². The van der Waals surface area contributed by atoms with Gasteiger partial charge >= 0.3 is 0 Å². The van der Waals surface area contributed by atoms with Crippen molar-refractivity contribution in [3.63, 3.8) is 0 Å². The number of aliphatic hydroxyl groups is 1. The highest BCUT2D eigenvalue weighted by molar-refractivity contribution is 5.84. The Bertz CT molecular complexity index is 790. The second-order valence-electron chi connectivity index (χ2n) is 4.29. The fourth-order valence-corrected chi connectivity index (χ4v) is 1.99. The minimum atomic E-state index is -0.363. The molecule has 1 heterocycles. The van der Waals surface area contributed by atoms with Gasteiger partial charge in [-0.25, -0.2) is 0 Å². The van der Waals surface area contributed by atoms with E-state index in [0.717, 1.165) is 0 Å². The van der Waals surface area contributed by atoms with Crippen molar-refractivity contribution in [3.05, 3.63) is 70.6 Å². The Kier molecular flexibility index (Phi) is 3.23. The summed E-state index contributed by atoms with van der Waals surface area (Å²) in [5, 5.41) is 9.49. The lowest BCUT2D eigenvalue weighted by molar-refractivity contribution is 0.277. The van der Waals surface area contributed by atoms with Crippen LogP contribution in [-0.4, -0.2) is 5.11 Å². The molecular weight excluding hydrogens is 256 g/mol. The van der Waals surface area contributed by atoms with Gasteiger partial charge in [-0.1, -0.05) is 24.3 Å². The van der Waals surface area contributed by atoms with Crippen LogP contribution in [0.2, 0.25) is 0 Å². The van der Waals surface area contributed by atoms with E-state index in [0.29, 0.717) is 22.5 Å². The number of para-hydroxylation sites is 1. The van der Waals surface area contributed by atoms with E-state index < -0.39 is 0 Å². The zero-order chi connectivity index (χ0) is 13.9. The van der Waals surface area contributed by atoms with Crippen LogP contribution in [0.1, 0.15) is 5.56 Å². The quantitative estimate of drug-likeness (QED) is 0.793. The Hall–Kier alpha value is -2.59. The van der Waals surface area contributed by atoms with Crippen molar-refractivity contribution < 1.29 is 14.3 Å². The molecule has 0 amide bonds. The summed E-state index contributed by atoms with van der Waals surface area (Å²) in [4.78, 5) is 12.3. The van der Waals surface area contributed by atoms with E-state index in [1.807, 2.05) is 18.2 Å². The average Bonchev–Trinajstić information content (AvgIpc) is 2.49. The molecule has 4 heteroatoms. The van der Waals surface area contributed by atoms with E-state index in [-0.39, 0.29) is 17.6 Å². The topological polar surface area (TPSA) is 59.7 Å². The maximum Gasteiger partial charge on any atom is 0.201 e. The molecular formula is C16H12O4. The fraction of sp³-hybridized carbons (Fsp3) is 0.0625. The van der Waals surface area contributed by atoms with E-state index in [4.69, 9.17) is 14.3 Å². The Morgan fingerprint density at radius 1 is 1.05 bits per heavy atom. The summed E-state index contributed by atoms with van der Waals surface area (Å²) >= 11 is 0. The molecule has 2 aromatic carbocycles. The highest BCUT2D eigenvalue weighted by atomic mass is 16.5. The van der Waals surface area contributed by atoms with Crippen LogP contribution in [0, 0.1) is 0 Å². The summed E-state index contributed by atoms with van der Waals surface area (Å²) in [6.45, 7) is -0.363. The van der Waals surface area contributed by atoms with Crippen LogP contribution in [0.4, 0.5) is 0 Å². The number of benzene rings is 2. The van der Waals surface area contributed by atoms with Crippen LogP contribution in [0.15, 0.2) is 64.0 Å². The standard InChI is InChI=1S/C16H12O4/c17-9-11-10-19-13-7-4-8-14(15(13)16(11)18)20-12-5-2-1-3-6-12/h1-8,10,17H,9H2. The van der Waals surface area contributed by atoms with E-state index in [1.165, 1.54) is 6.26 Å². The normalized spacial score (nSPS) is 10.7. The van der Waals surface area contributed by atoms with Crippen molar-refractivity contribution in [2.45, 2.75) is 6.61 Å². The molecule has 3 aromatic rings. The van der Waals surface area contributed by atoms with Gasteiger partial charge in [0.05, 0.1) is 12.2 Å². The summed E-state index contributed by atoms with van der Waals surface area (Å²) in [5.41, 5.74) is 0.363. The number of aliphatic hydroxyl groups excluding tert-OH is 1. The van der Waals surface area contributed by atoms with Crippen LogP contribution >= 0.6 is 0 Å². The van der Waals surface area contributed by atoms with Gasteiger partial charge in [-0.15, -0.1) is 0 Å². The van der Waals surface area contributed by atoms with Crippen molar-refractivity contribution in [2.24, 2.45) is 0 Å². The first-order valence-corrected chi connectivity index (χ1v) is 6.17. The first-order valence-electron chi connectivity index (χ1n) is 6.17. The van der Waals surface area contributed by atoms with E-state index in [1.54, 1.807) is 30.3 Å². The van der Waals surface area contributed by atoms with Crippen molar-refractivity contribution >= 4 is 11.0 Å². The molecule has 0 unspecified atom stereocenters. The minimum absolute atomic E-state index is 0.210. The molecule has 0 aliphatic carbocycles. The summed E-state index contributed by atoms with van der Waals surface area (Å²) in [6.07, 6.45) is 1.27. The molecule has 0 spiro atoms. The number of rotatable bonds is 3. The molecule has 0 bridgehead atoms. The molecule has 0 fully saturated rings. The number of hydrogen-bond donors (Lipinski definition) is 1. The van der Waals surface area contributed by atoms with Gasteiger partial charge in [0, 0.05) is 0 Å². The van der Waals surface area contributed by atoms with E-state index >= 15 is 0 Å². The molecule has 0 atom stereocenters. The first kappa shape index (κ1) is 12.4. The monoisotopic (exact) mass is 268 g/mol. The van der Waals surface area contributed by atoms with Gasteiger partial charge in [0.25, 0.3) is 0 Å². The molecule has 1 N–H and O–H groups in total. The Morgan fingerprint density at radius 3 is 2.60 bits per heavy atom. The van der Waals surface area contributed by atoms with Crippen LogP contribution in [0.3, 0.4) is 0 Å². The van der Waals surface area contributed by atoms with Crippen molar-refractivity contribution in [1.82, 2.24) is 0 Å². The molecule has 100 valence electrons. The molecule has 3 rings (SSSR count). The number of hydrogen-bond acceptors (Lipinski definition) is 4. The molecule has 20 heavy (non-hydrogen) atoms. The average molecular weight is 268 g/mol. The van der Waals surface area contributed by atoms with Gasteiger partial charge in [0.2, 0.25) is 5.43 Å². The zero-order valence-corrected chi connectivity index (χ0v) is 10.6. The van der Waals surface area contributed by atoms with Crippen LogP contribution in [-0.2, 0) is 6.61 Å². The third-order valence-corrected chi connectivity index (χ3v) is 2.98. The van der Waals surface area contributed by atoms with Crippen LogP contribution in [0.5, 0.6) is 11.5 Å². The molecule has 0 aliphatic heterocycles. The lowest BCUT2D eigenvalue weighted by Crippen LogP contribution is -2.09. The van der Waals surface area contributed by atoms with Crippen molar-refractivity contribution in [2.75, 3.05) is 0 Å². The Labute approximate surface area is 114 Å².